The van der Waals surface area contributed by atoms with Crippen LogP contribution in [0.1, 0.15) is 60.3 Å². The summed E-state index contributed by atoms with van der Waals surface area (Å²) < 4.78 is 6.27. The van der Waals surface area contributed by atoms with Crippen LogP contribution in [-0.2, 0) is 4.74 Å². The normalized spacial score (nSPS) is 31.8. The molecule has 0 amide bonds. The summed E-state index contributed by atoms with van der Waals surface area (Å²) in [6.07, 6.45) is 5.87. The highest BCUT2D eigenvalue weighted by atomic mass is 16.5. The predicted octanol–water partition coefficient (Wildman–Crippen LogP) is 3.60. The molecule has 0 aromatic carbocycles. The fourth-order valence-electron chi connectivity index (χ4n) is 2.91. The van der Waals surface area contributed by atoms with Gasteiger partial charge in [-0.25, -0.2) is 0 Å². The minimum Gasteiger partial charge on any atom is -0.374 e. The molecule has 2 nitrogen and oxygen atoms in total. The van der Waals surface area contributed by atoms with Gasteiger partial charge in [0.15, 0.2) is 0 Å². The Morgan fingerprint density at radius 2 is 1.71 bits per heavy atom. The van der Waals surface area contributed by atoms with Crippen molar-refractivity contribution in [2.75, 3.05) is 6.54 Å². The Labute approximate surface area is 108 Å². The third-order valence-corrected chi connectivity index (χ3v) is 3.73. The molecular weight excluding hydrogens is 210 g/mol. The summed E-state index contributed by atoms with van der Waals surface area (Å²) in [5.74, 6) is 1.67. The Kier molecular flexibility index (Phi) is 6.50. The molecule has 0 spiro atoms. The Morgan fingerprint density at radius 3 is 2.18 bits per heavy atom. The Balaban J connectivity index is 2.33. The van der Waals surface area contributed by atoms with Crippen LogP contribution in [0.4, 0.5) is 0 Å². The summed E-state index contributed by atoms with van der Waals surface area (Å²) in [6.45, 7) is 12.3. The van der Waals surface area contributed by atoms with Crippen molar-refractivity contribution in [3.05, 3.63) is 0 Å². The molecule has 1 N–H and O–H groups in total. The highest BCUT2D eigenvalue weighted by molar-refractivity contribution is 4.77. The minimum atomic E-state index is 0.389. The predicted molar refractivity (Wildman–Crippen MR) is 74.3 cm³/mol. The van der Waals surface area contributed by atoms with E-state index < -0.39 is 0 Å². The van der Waals surface area contributed by atoms with Gasteiger partial charge in [0.25, 0.3) is 0 Å². The second-order valence-corrected chi connectivity index (χ2v) is 6.27. The summed E-state index contributed by atoms with van der Waals surface area (Å²) in [5.41, 5.74) is 0. The maximum atomic E-state index is 6.27. The van der Waals surface area contributed by atoms with E-state index in [9.17, 15) is 0 Å². The Bertz CT molecular complexity index is 195. The summed E-state index contributed by atoms with van der Waals surface area (Å²) in [5, 5.41) is 3.48. The maximum absolute atomic E-state index is 6.27. The molecule has 17 heavy (non-hydrogen) atoms. The smallest absolute Gasteiger partial charge is 0.0700 e. The van der Waals surface area contributed by atoms with E-state index >= 15 is 0 Å². The molecule has 3 unspecified atom stereocenters. The second kappa shape index (κ2) is 7.38. The molecule has 0 aromatic rings. The lowest BCUT2D eigenvalue weighted by Crippen LogP contribution is -2.37. The average Bonchev–Trinajstić information content (AvgIpc) is 2.22. The lowest BCUT2D eigenvalue weighted by atomic mass is 9.81. The van der Waals surface area contributed by atoms with Gasteiger partial charge in [0, 0.05) is 12.6 Å². The van der Waals surface area contributed by atoms with Gasteiger partial charge in [-0.3, -0.25) is 0 Å². The van der Waals surface area contributed by atoms with E-state index in [2.05, 4.69) is 39.9 Å². The standard InChI is InChI=1S/C15H31NO/c1-6-14(10-16-11(2)3)17-15-8-12(4)7-13(5)9-15/h11-16H,6-10H2,1-5H3. The van der Waals surface area contributed by atoms with Crippen molar-refractivity contribution in [1.29, 1.82) is 0 Å². The zero-order valence-electron chi connectivity index (χ0n) is 12.3. The molecule has 0 aliphatic heterocycles. The molecule has 1 aliphatic carbocycles. The van der Waals surface area contributed by atoms with Gasteiger partial charge in [-0.1, -0.05) is 34.6 Å². The second-order valence-electron chi connectivity index (χ2n) is 6.27. The molecule has 2 heteroatoms. The van der Waals surface area contributed by atoms with Gasteiger partial charge in [-0.05, 0) is 37.5 Å². The van der Waals surface area contributed by atoms with E-state index in [4.69, 9.17) is 4.74 Å². The van der Waals surface area contributed by atoms with Crippen molar-refractivity contribution in [2.45, 2.75) is 78.6 Å². The lowest BCUT2D eigenvalue weighted by Gasteiger charge is -2.34. The van der Waals surface area contributed by atoms with Crippen molar-refractivity contribution >= 4 is 0 Å². The number of hydrogen-bond donors (Lipinski definition) is 1. The third-order valence-electron chi connectivity index (χ3n) is 3.73. The van der Waals surface area contributed by atoms with Crippen LogP contribution < -0.4 is 5.32 Å². The van der Waals surface area contributed by atoms with Crippen LogP contribution in [0.25, 0.3) is 0 Å². The Morgan fingerprint density at radius 1 is 1.12 bits per heavy atom. The lowest BCUT2D eigenvalue weighted by molar-refractivity contribution is -0.0496. The molecule has 1 saturated carbocycles. The molecular formula is C15H31NO. The van der Waals surface area contributed by atoms with E-state index in [0.717, 1.165) is 24.8 Å². The van der Waals surface area contributed by atoms with Crippen molar-refractivity contribution in [3.8, 4) is 0 Å². The monoisotopic (exact) mass is 241 g/mol. The van der Waals surface area contributed by atoms with Gasteiger partial charge in [-0.15, -0.1) is 0 Å². The van der Waals surface area contributed by atoms with Gasteiger partial charge in [0.05, 0.1) is 12.2 Å². The SMILES string of the molecule is CCC(CNC(C)C)OC1CC(C)CC(C)C1. The fourth-order valence-corrected chi connectivity index (χ4v) is 2.91. The van der Waals surface area contributed by atoms with Crippen LogP contribution in [0.2, 0.25) is 0 Å². The zero-order valence-corrected chi connectivity index (χ0v) is 12.3. The van der Waals surface area contributed by atoms with Crippen LogP contribution in [0.15, 0.2) is 0 Å². The molecule has 1 aliphatic rings. The van der Waals surface area contributed by atoms with E-state index in [-0.39, 0.29) is 0 Å². The molecule has 1 fully saturated rings. The van der Waals surface area contributed by atoms with Gasteiger partial charge < -0.3 is 10.1 Å². The summed E-state index contributed by atoms with van der Waals surface area (Å²) in [6, 6.07) is 0.553. The van der Waals surface area contributed by atoms with Gasteiger partial charge in [0.1, 0.15) is 0 Å². The van der Waals surface area contributed by atoms with E-state index in [0.29, 0.717) is 18.2 Å². The first-order chi connectivity index (χ1) is 8.01. The first kappa shape index (κ1) is 15.0. The van der Waals surface area contributed by atoms with Crippen molar-refractivity contribution < 1.29 is 4.74 Å². The van der Waals surface area contributed by atoms with Crippen LogP contribution >= 0.6 is 0 Å². The topological polar surface area (TPSA) is 21.3 Å². The third kappa shape index (κ3) is 5.87. The van der Waals surface area contributed by atoms with Crippen LogP contribution in [0.5, 0.6) is 0 Å². The highest BCUT2D eigenvalue weighted by Gasteiger charge is 2.26. The van der Waals surface area contributed by atoms with Crippen LogP contribution in [0.3, 0.4) is 0 Å². The number of hydrogen-bond acceptors (Lipinski definition) is 2. The maximum Gasteiger partial charge on any atom is 0.0700 e. The van der Waals surface area contributed by atoms with Gasteiger partial charge in [0.2, 0.25) is 0 Å². The fraction of sp³-hybridized carbons (Fsp3) is 1.00. The van der Waals surface area contributed by atoms with Gasteiger partial charge in [-0.2, -0.15) is 0 Å². The van der Waals surface area contributed by atoms with E-state index in [1.807, 2.05) is 0 Å². The minimum absolute atomic E-state index is 0.389. The number of rotatable bonds is 6. The molecule has 0 heterocycles. The molecule has 0 saturated heterocycles. The number of ether oxygens (including phenoxy) is 1. The van der Waals surface area contributed by atoms with E-state index in [1.165, 1.54) is 19.3 Å². The van der Waals surface area contributed by atoms with E-state index in [1.54, 1.807) is 0 Å². The summed E-state index contributed by atoms with van der Waals surface area (Å²) in [7, 11) is 0. The molecule has 3 atom stereocenters. The Hall–Kier alpha value is -0.0800. The van der Waals surface area contributed by atoms with Crippen LogP contribution in [-0.4, -0.2) is 24.8 Å². The molecule has 0 aromatic heterocycles. The molecule has 0 bridgehead atoms. The molecule has 102 valence electrons. The molecule has 0 radical (unpaired) electrons. The quantitative estimate of drug-likeness (QED) is 0.767. The van der Waals surface area contributed by atoms with Gasteiger partial charge >= 0.3 is 0 Å². The van der Waals surface area contributed by atoms with Crippen molar-refractivity contribution in [3.63, 3.8) is 0 Å². The first-order valence-corrected chi connectivity index (χ1v) is 7.40. The largest absolute Gasteiger partial charge is 0.374 e. The first-order valence-electron chi connectivity index (χ1n) is 7.40. The number of nitrogens with one attached hydrogen (secondary N) is 1. The van der Waals surface area contributed by atoms with Crippen LogP contribution in [0, 0.1) is 11.8 Å². The molecule has 1 rings (SSSR count). The highest BCUT2D eigenvalue weighted by Crippen LogP contribution is 2.31. The summed E-state index contributed by atoms with van der Waals surface area (Å²) >= 11 is 0. The summed E-state index contributed by atoms with van der Waals surface area (Å²) in [4.78, 5) is 0. The average molecular weight is 241 g/mol. The van der Waals surface area contributed by atoms with Crippen molar-refractivity contribution in [1.82, 2.24) is 5.32 Å². The van der Waals surface area contributed by atoms with Crippen molar-refractivity contribution in [2.24, 2.45) is 11.8 Å². The zero-order chi connectivity index (χ0) is 12.8.